The van der Waals surface area contributed by atoms with Crippen molar-refractivity contribution in [3.05, 3.63) is 0 Å². The second-order valence-corrected chi connectivity index (χ2v) is 2.54. The first-order chi connectivity index (χ1) is 5.45. The van der Waals surface area contributed by atoms with Crippen molar-refractivity contribution in [2.75, 3.05) is 28.2 Å². The molecule has 0 radical (unpaired) electrons. The molecule has 0 rings (SSSR count). The van der Waals surface area contributed by atoms with E-state index in [1.54, 1.807) is 38.0 Å². The van der Waals surface area contributed by atoms with Crippen LogP contribution in [0, 0.1) is 0 Å². The topological polar surface area (TPSA) is 65.4 Å². The van der Waals surface area contributed by atoms with Crippen LogP contribution in [0.3, 0.4) is 0 Å². The van der Waals surface area contributed by atoms with Crippen LogP contribution in [0.5, 0.6) is 0 Å². The van der Waals surface area contributed by atoms with Gasteiger partial charge in [0.2, 0.25) is 5.96 Å². The number of nitrogens with zero attached hydrogens (tertiary/aromatic N) is 3. The van der Waals surface area contributed by atoms with Gasteiger partial charge >= 0.3 is 6.16 Å². The van der Waals surface area contributed by atoms with Crippen molar-refractivity contribution in [3.8, 4) is 0 Å². The maximum absolute atomic E-state index is 9.98. The molecule has 0 fully saturated rings. The van der Waals surface area contributed by atoms with E-state index in [1.165, 1.54) is 0 Å². The zero-order valence-electron chi connectivity index (χ0n) is 7.61. The van der Waals surface area contributed by atoms with Crippen LogP contribution in [-0.4, -0.2) is 55.2 Å². The third kappa shape index (κ3) is 3.65. The van der Waals surface area contributed by atoms with E-state index in [-0.39, 0.29) is 0 Å². The third-order valence-corrected chi connectivity index (χ3v) is 1.01. The standard InChI is InChI=1S/C6H13N3O3/c1-8(2)5(9(3)4)7-12-6(10)11/h1-4H3,(H,10,11). The molecule has 0 aliphatic carbocycles. The third-order valence-electron chi connectivity index (χ3n) is 1.01. The minimum absolute atomic E-state index is 0.428. The predicted molar refractivity (Wildman–Crippen MR) is 43.9 cm³/mol. The Morgan fingerprint density at radius 1 is 1.25 bits per heavy atom. The first kappa shape index (κ1) is 10.5. The Kier molecular flexibility index (Phi) is 3.89. The van der Waals surface area contributed by atoms with E-state index in [4.69, 9.17) is 5.11 Å². The Morgan fingerprint density at radius 3 is 1.92 bits per heavy atom. The Morgan fingerprint density at radius 2 is 1.67 bits per heavy atom. The molecule has 0 aliphatic rings. The van der Waals surface area contributed by atoms with E-state index in [0.29, 0.717) is 5.96 Å². The molecule has 0 bridgehead atoms. The fourth-order valence-electron chi connectivity index (χ4n) is 0.643. The zero-order valence-corrected chi connectivity index (χ0v) is 7.61. The first-order valence-corrected chi connectivity index (χ1v) is 3.27. The van der Waals surface area contributed by atoms with Crippen LogP contribution in [0.25, 0.3) is 0 Å². The highest BCUT2D eigenvalue weighted by Gasteiger charge is 2.06. The van der Waals surface area contributed by atoms with E-state index in [0.717, 1.165) is 0 Å². The molecule has 0 saturated carbocycles. The number of carboxylic acid groups (broad SMARTS) is 1. The summed E-state index contributed by atoms with van der Waals surface area (Å²) >= 11 is 0. The summed E-state index contributed by atoms with van der Waals surface area (Å²) in [4.78, 5) is 17.3. The van der Waals surface area contributed by atoms with Crippen LogP contribution in [0.1, 0.15) is 0 Å². The number of carbonyl (C=O) groups is 1. The molecule has 0 amide bonds. The van der Waals surface area contributed by atoms with Gasteiger partial charge in [-0.3, -0.25) is 4.84 Å². The maximum atomic E-state index is 9.98. The number of rotatable bonds is 1. The molecule has 12 heavy (non-hydrogen) atoms. The van der Waals surface area contributed by atoms with Crippen LogP contribution in [0.15, 0.2) is 5.16 Å². The Labute approximate surface area is 71.0 Å². The van der Waals surface area contributed by atoms with Crippen molar-refractivity contribution >= 4 is 12.1 Å². The van der Waals surface area contributed by atoms with Gasteiger partial charge < -0.3 is 14.9 Å². The van der Waals surface area contributed by atoms with Crippen molar-refractivity contribution in [1.82, 2.24) is 9.80 Å². The summed E-state index contributed by atoms with van der Waals surface area (Å²) in [5, 5.41) is 11.6. The monoisotopic (exact) mass is 175 g/mol. The fraction of sp³-hybridized carbons (Fsp3) is 0.667. The SMILES string of the molecule is CN(C)C(=NOC(=O)O)N(C)C. The zero-order chi connectivity index (χ0) is 9.72. The minimum Gasteiger partial charge on any atom is -0.448 e. The summed E-state index contributed by atoms with van der Waals surface area (Å²) in [6, 6.07) is 0. The van der Waals surface area contributed by atoms with Crippen LogP contribution >= 0.6 is 0 Å². The highest BCUT2D eigenvalue weighted by Crippen LogP contribution is 1.89. The van der Waals surface area contributed by atoms with Crippen molar-refractivity contribution in [2.45, 2.75) is 0 Å². The molecular formula is C6H13N3O3. The van der Waals surface area contributed by atoms with Gasteiger partial charge in [-0.2, -0.15) is 0 Å². The van der Waals surface area contributed by atoms with Gasteiger partial charge in [-0.25, -0.2) is 4.79 Å². The van der Waals surface area contributed by atoms with E-state index in [9.17, 15) is 4.79 Å². The predicted octanol–water partition coefficient (Wildman–Crippen LogP) is 0.0752. The molecule has 0 atom stereocenters. The van der Waals surface area contributed by atoms with Crippen molar-refractivity contribution in [1.29, 1.82) is 0 Å². The summed E-state index contributed by atoms with van der Waals surface area (Å²) in [7, 11) is 6.96. The Balaban J connectivity index is 4.29. The summed E-state index contributed by atoms with van der Waals surface area (Å²) < 4.78 is 0. The van der Waals surface area contributed by atoms with Crippen LogP contribution in [0.4, 0.5) is 4.79 Å². The second kappa shape index (κ2) is 4.42. The number of guanidine groups is 1. The Bertz CT molecular complexity index is 178. The van der Waals surface area contributed by atoms with Gasteiger partial charge in [-0.05, 0) is 5.16 Å². The van der Waals surface area contributed by atoms with E-state index in [2.05, 4.69) is 9.99 Å². The fourth-order valence-corrected chi connectivity index (χ4v) is 0.643. The summed E-state index contributed by atoms with van der Waals surface area (Å²) in [6.45, 7) is 0. The summed E-state index contributed by atoms with van der Waals surface area (Å²) in [5.41, 5.74) is 0. The lowest BCUT2D eigenvalue weighted by atomic mass is 10.7. The maximum Gasteiger partial charge on any atom is 0.532 e. The second-order valence-electron chi connectivity index (χ2n) is 2.54. The van der Waals surface area contributed by atoms with Crippen LogP contribution < -0.4 is 0 Å². The van der Waals surface area contributed by atoms with E-state index >= 15 is 0 Å². The lowest BCUT2D eigenvalue weighted by Crippen LogP contribution is -2.35. The highest BCUT2D eigenvalue weighted by molar-refractivity contribution is 5.79. The number of oxime groups is 1. The van der Waals surface area contributed by atoms with Crippen LogP contribution in [0.2, 0.25) is 0 Å². The first-order valence-electron chi connectivity index (χ1n) is 3.27. The average Bonchev–Trinajstić information content (AvgIpc) is 1.84. The number of hydrogen-bond donors (Lipinski definition) is 1. The van der Waals surface area contributed by atoms with E-state index in [1.807, 2.05) is 0 Å². The Hall–Kier alpha value is -1.46. The van der Waals surface area contributed by atoms with Gasteiger partial charge in [0.05, 0.1) is 0 Å². The molecule has 0 aromatic carbocycles. The molecule has 0 aromatic rings. The quantitative estimate of drug-likeness (QED) is 0.264. The van der Waals surface area contributed by atoms with E-state index < -0.39 is 6.16 Å². The molecule has 70 valence electrons. The average molecular weight is 175 g/mol. The number of hydrogen-bond acceptors (Lipinski definition) is 3. The van der Waals surface area contributed by atoms with Crippen molar-refractivity contribution in [2.24, 2.45) is 5.16 Å². The van der Waals surface area contributed by atoms with Gasteiger partial charge in [0.15, 0.2) is 0 Å². The van der Waals surface area contributed by atoms with Crippen molar-refractivity contribution < 1.29 is 14.7 Å². The van der Waals surface area contributed by atoms with Gasteiger partial charge in [0.1, 0.15) is 0 Å². The molecule has 6 nitrogen and oxygen atoms in total. The normalized spacial score (nSPS) is 8.67. The van der Waals surface area contributed by atoms with Gasteiger partial charge in [-0.15, -0.1) is 0 Å². The molecular weight excluding hydrogens is 162 g/mol. The molecule has 0 spiro atoms. The van der Waals surface area contributed by atoms with Gasteiger partial charge in [-0.1, -0.05) is 0 Å². The lowest BCUT2D eigenvalue weighted by Gasteiger charge is -2.20. The molecule has 1 N–H and O–H groups in total. The van der Waals surface area contributed by atoms with Crippen LogP contribution in [-0.2, 0) is 4.84 Å². The summed E-state index contributed by atoms with van der Waals surface area (Å²) in [5.74, 6) is 0.428. The molecule has 6 heteroatoms. The minimum atomic E-state index is -1.42. The smallest absolute Gasteiger partial charge is 0.448 e. The molecule has 0 saturated heterocycles. The van der Waals surface area contributed by atoms with Gasteiger partial charge in [0, 0.05) is 28.2 Å². The molecule has 0 heterocycles. The molecule has 0 aliphatic heterocycles. The molecule has 0 aromatic heterocycles. The van der Waals surface area contributed by atoms with Gasteiger partial charge in [0.25, 0.3) is 0 Å². The largest absolute Gasteiger partial charge is 0.532 e. The molecule has 0 unspecified atom stereocenters. The van der Waals surface area contributed by atoms with Crippen molar-refractivity contribution in [3.63, 3.8) is 0 Å². The highest BCUT2D eigenvalue weighted by atomic mass is 16.7. The lowest BCUT2D eigenvalue weighted by molar-refractivity contribution is 0.0919. The summed E-state index contributed by atoms with van der Waals surface area (Å²) in [6.07, 6.45) is -1.42.